The summed E-state index contributed by atoms with van der Waals surface area (Å²) in [5.41, 5.74) is 2.13. The molecular weight excluding hydrogens is 328 g/mol. The fraction of sp³-hybridized carbons (Fsp3) is 0.118. The van der Waals surface area contributed by atoms with Crippen molar-refractivity contribution in [1.82, 2.24) is 10.3 Å². The van der Waals surface area contributed by atoms with Crippen LogP contribution in [0.4, 0.5) is 0 Å². The number of nitrogens with zero attached hydrogens (tertiary/aromatic N) is 1. The number of pyridine rings is 1. The molecule has 0 saturated heterocycles. The molecule has 0 unspecified atom stereocenters. The van der Waals surface area contributed by atoms with Gasteiger partial charge < -0.3 is 10.1 Å². The molecule has 0 aliphatic heterocycles. The van der Waals surface area contributed by atoms with Gasteiger partial charge in [-0.25, -0.2) is 0 Å². The van der Waals surface area contributed by atoms with Crippen LogP contribution in [0, 0.1) is 0 Å². The molecule has 0 amide bonds. The molecule has 2 aromatic carbocycles. The van der Waals surface area contributed by atoms with E-state index in [1.807, 2.05) is 49.5 Å². The number of benzene rings is 2. The normalized spacial score (nSPS) is 10.8. The Morgan fingerprint density at radius 3 is 2.71 bits per heavy atom. The Hall–Kier alpha value is -1.91. The molecule has 0 spiro atoms. The van der Waals surface area contributed by atoms with Crippen molar-refractivity contribution < 1.29 is 4.74 Å². The molecule has 0 atom stereocenters. The van der Waals surface area contributed by atoms with Gasteiger partial charge in [-0.05, 0) is 42.9 Å². The maximum absolute atomic E-state index is 5.91. The van der Waals surface area contributed by atoms with Crippen molar-refractivity contribution in [2.75, 3.05) is 7.05 Å². The molecule has 0 aliphatic carbocycles. The van der Waals surface area contributed by atoms with Gasteiger partial charge in [-0.3, -0.25) is 4.98 Å². The summed E-state index contributed by atoms with van der Waals surface area (Å²) in [7, 11) is 1.93. The molecule has 21 heavy (non-hydrogen) atoms. The second-order valence-electron chi connectivity index (χ2n) is 4.74. The maximum Gasteiger partial charge on any atom is 0.129 e. The lowest BCUT2D eigenvalue weighted by atomic mass is 10.2. The van der Waals surface area contributed by atoms with Gasteiger partial charge in [-0.2, -0.15) is 0 Å². The highest BCUT2D eigenvalue weighted by Crippen LogP contribution is 2.28. The number of aromatic nitrogens is 1. The number of hydrogen-bond acceptors (Lipinski definition) is 3. The zero-order valence-corrected chi connectivity index (χ0v) is 13.2. The van der Waals surface area contributed by atoms with Gasteiger partial charge in [0.05, 0.1) is 5.52 Å². The second kappa shape index (κ2) is 6.24. The summed E-state index contributed by atoms with van der Waals surface area (Å²) in [6.07, 6.45) is 1.79. The minimum atomic E-state index is 0.787. The first-order chi connectivity index (χ1) is 10.3. The van der Waals surface area contributed by atoms with E-state index >= 15 is 0 Å². The van der Waals surface area contributed by atoms with Crippen LogP contribution in [-0.2, 0) is 6.54 Å². The summed E-state index contributed by atoms with van der Waals surface area (Å²) in [4.78, 5) is 4.34. The zero-order valence-electron chi connectivity index (χ0n) is 11.6. The van der Waals surface area contributed by atoms with E-state index < -0.39 is 0 Å². The molecule has 4 heteroatoms. The number of nitrogens with one attached hydrogen (secondary N) is 1. The van der Waals surface area contributed by atoms with Crippen LogP contribution < -0.4 is 10.1 Å². The highest BCUT2D eigenvalue weighted by molar-refractivity contribution is 9.10. The first-order valence-electron chi connectivity index (χ1n) is 6.72. The number of fused-ring (bicyclic) bond motifs is 1. The number of hydrogen-bond donors (Lipinski definition) is 1. The van der Waals surface area contributed by atoms with E-state index in [-0.39, 0.29) is 0 Å². The highest BCUT2D eigenvalue weighted by Gasteiger charge is 2.04. The Bertz CT molecular complexity index is 774. The zero-order chi connectivity index (χ0) is 14.7. The molecule has 3 rings (SSSR count). The predicted molar refractivity (Wildman–Crippen MR) is 88.7 cm³/mol. The van der Waals surface area contributed by atoms with E-state index in [1.54, 1.807) is 6.20 Å². The molecule has 1 aromatic heterocycles. The first kappa shape index (κ1) is 14.0. The van der Waals surface area contributed by atoms with Gasteiger partial charge in [0.2, 0.25) is 0 Å². The van der Waals surface area contributed by atoms with E-state index in [9.17, 15) is 0 Å². The highest BCUT2D eigenvalue weighted by atomic mass is 79.9. The van der Waals surface area contributed by atoms with E-state index in [1.165, 1.54) is 5.56 Å². The average Bonchev–Trinajstić information content (AvgIpc) is 2.50. The molecule has 1 heterocycles. The Morgan fingerprint density at radius 1 is 1.10 bits per heavy atom. The van der Waals surface area contributed by atoms with Crippen molar-refractivity contribution in [1.29, 1.82) is 0 Å². The lowest BCUT2D eigenvalue weighted by Gasteiger charge is -2.09. The molecule has 0 aliphatic rings. The fourth-order valence-electron chi connectivity index (χ4n) is 2.17. The smallest absolute Gasteiger partial charge is 0.129 e. The van der Waals surface area contributed by atoms with Crippen LogP contribution in [0.5, 0.6) is 11.5 Å². The van der Waals surface area contributed by atoms with Crippen LogP contribution in [0.3, 0.4) is 0 Å². The third-order valence-corrected chi connectivity index (χ3v) is 3.94. The number of halogens is 1. The Kier molecular flexibility index (Phi) is 4.18. The van der Waals surface area contributed by atoms with E-state index in [2.05, 4.69) is 32.3 Å². The summed E-state index contributed by atoms with van der Waals surface area (Å²) < 4.78 is 6.95. The van der Waals surface area contributed by atoms with Crippen molar-refractivity contribution in [3.63, 3.8) is 0 Å². The molecule has 3 nitrogen and oxygen atoms in total. The number of ether oxygens (including phenoxy) is 1. The second-order valence-corrected chi connectivity index (χ2v) is 5.60. The first-order valence-corrected chi connectivity index (χ1v) is 7.51. The quantitative estimate of drug-likeness (QED) is 0.757. The van der Waals surface area contributed by atoms with Gasteiger partial charge in [0.25, 0.3) is 0 Å². The molecule has 0 radical (unpaired) electrons. The van der Waals surface area contributed by atoms with E-state index in [0.29, 0.717) is 0 Å². The summed E-state index contributed by atoms with van der Waals surface area (Å²) in [6, 6.07) is 15.9. The lowest BCUT2D eigenvalue weighted by Crippen LogP contribution is -2.05. The van der Waals surface area contributed by atoms with E-state index in [4.69, 9.17) is 4.74 Å². The Morgan fingerprint density at radius 2 is 1.90 bits per heavy atom. The third kappa shape index (κ3) is 3.23. The summed E-state index contributed by atoms with van der Waals surface area (Å²) >= 11 is 3.57. The minimum Gasteiger partial charge on any atom is -0.457 e. The summed E-state index contributed by atoms with van der Waals surface area (Å²) in [6.45, 7) is 0.820. The Labute approximate surface area is 132 Å². The Balaban J connectivity index is 1.86. The third-order valence-electron chi connectivity index (χ3n) is 3.20. The van der Waals surface area contributed by atoms with Gasteiger partial charge in [0, 0.05) is 28.7 Å². The molecule has 106 valence electrons. The molecule has 1 N–H and O–H groups in total. The SMILES string of the molecule is CNCc1ccc(Oc2ccc3cccnc3c2)cc1Br. The van der Waals surface area contributed by atoms with Crippen LogP contribution >= 0.6 is 15.9 Å². The van der Waals surface area contributed by atoms with Crippen LogP contribution in [0.25, 0.3) is 10.9 Å². The van der Waals surface area contributed by atoms with Crippen molar-refractivity contribution >= 4 is 26.8 Å². The standard InChI is InChI=1S/C17H15BrN2O/c1-19-11-13-5-7-14(9-16(13)18)21-15-6-4-12-3-2-8-20-17(12)10-15/h2-10,19H,11H2,1H3. The van der Waals surface area contributed by atoms with Crippen LogP contribution in [-0.4, -0.2) is 12.0 Å². The fourth-order valence-corrected chi connectivity index (χ4v) is 2.67. The number of rotatable bonds is 4. The minimum absolute atomic E-state index is 0.787. The monoisotopic (exact) mass is 342 g/mol. The topological polar surface area (TPSA) is 34.1 Å². The van der Waals surface area contributed by atoms with Gasteiger partial charge >= 0.3 is 0 Å². The van der Waals surface area contributed by atoms with E-state index in [0.717, 1.165) is 33.4 Å². The van der Waals surface area contributed by atoms with Crippen LogP contribution in [0.1, 0.15) is 5.56 Å². The van der Waals surface area contributed by atoms with Crippen molar-refractivity contribution in [2.24, 2.45) is 0 Å². The summed E-state index contributed by atoms with van der Waals surface area (Å²) in [5.74, 6) is 1.59. The van der Waals surface area contributed by atoms with Crippen LogP contribution in [0.15, 0.2) is 59.2 Å². The maximum atomic E-state index is 5.91. The molecule has 3 aromatic rings. The van der Waals surface area contributed by atoms with Gasteiger partial charge in [0.15, 0.2) is 0 Å². The largest absolute Gasteiger partial charge is 0.457 e. The molecule has 0 bridgehead atoms. The van der Waals surface area contributed by atoms with Gasteiger partial charge in [-0.15, -0.1) is 0 Å². The summed E-state index contributed by atoms with van der Waals surface area (Å²) in [5, 5.41) is 4.24. The molecular formula is C17H15BrN2O. The lowest BCUT2D eigenvalue weighted by molar-refractivity contribution is 0.482. The van der Waals surface area contributed by atoms with Crippen molar-refractivity contribution in [2.45, 2.75) is 6.54 Å². The van der Waals surface area contributed by atoms with Gasteiger partial charge in [0.1, 0.15) is 11.5 Å². The average molecular weight is 343 g/mol. The molecule has 0 saturated carbocycles. The molecule has 0 fully saturated rings. The van der Waals surface area contributed by atoms with Crippen molar-refractivity contribution in [3.05, 3.63) is 64.8 Å². The van der Waals surface area contributed by atoms with Crippen molar-refractivity contribution in [3.8, 4) is 11.5 Å². The van der Waals surface area contributed by atoms with Gasteiger partial charge in [-0.1, -0.05) is 28.1 Å². The predicted octanol–water partition coefficient (Wildman–Crippen LogP) is 4.51. The van der Waals surface area contributed by atoms with Crippen LogP contribution in [0.2, 0.25) is 0 Å².